The third-order valence-corrected chi connectivity index (χ3v) is 5.23. The average Bonchev–Trinajstić information content (AvgIpc) is 2.84. The van der Waals surface area contributed by atoms with Crippen LogP contribution in [0.25, 0.3) is 0 Å². The van der Waals surface area contributed by atoms with Crippen LogP contribution in [0.2, 0.25) is 0 Å². The van der Waals surface area contributed by atoms with Gasteiger partial charge in [0.05, 0.1) is 3.79 Å². The zero-order valence-electron chi connectivity index (χ0n) is 12.9. The Hall–Kier alpha value is 0.150. The maximum Gasteiger partial charge on any atom is 0.226 e. The van der Waals surface area contributed by atoms with Crippen LogP contribution in [-0.4, -0.2) is 55.5 Å². The van der Waals surface area contributed by atoms with Gasteiger partial charge in [0.15, 0.2) is 0 Å². The van der Waals surface area contributed by atoms with E-state index in [1.807, 2.05) is 18.9 Å². The van der Waals surface area contributed by atoms with Gasteiger partial charge in [-0.2, -0.15) is 0 Å². The molecule has 0 aliphatic carbocycles. The highest BCUT2D eigenvalue weighted by atomic mass is 79.9. The Bertz CT molecular complexity index is 453. The summed E-state index contributed by atoms with van der Waals surface area (Å²) in [4.78, 5) is 18.0. The summed E-state index contributed by atoms with van der Waals surface area (Å²) < 4.78 is 1.18. The normalized spacial score (nSPS) is 16.6. The molecular formula is C14H24BrCl2N3OS. The molecule has 1 unspecified atom stereocenters. The fourth-order valence-corrected chi connectivity index (χ4v) is 4.01. The maximum absolute atomic E-state index is 12.2. The van der Waals surface area contributed by atoms with E-state index in [0.717, 1.165) is 39.3 Å². The number of amides is 1. The van der Waals surface area contributed by atoms with Crippen LogP contribution in [0.1, 0.15) is 11.8 Å². The Morgan fingerprint density at radius 3 is 2.45 bits per heavy atom. The molecule has 2 heterocycles. The second kappa shape index (κ2) is 10.8. The first kappa shape index (κ1) is 22.1. The first-order chi connectivity index (χ1) is 9.60. The molecule has 1 N–H and O–H groups in total. The van der Waals surface area contributed by atoms with Gasteiger partial charge >= 0.3 is 0 Å². The second-order valence-electron chi connectivity index (χ2n) is 5.27. The van der Waals surface area contributed by atoms with Gasteiger partial charge in [0.2, 0.25) is 5.91 Å². The van der Waals surface area contributed by atoms with Crippen LogP contribution >= 0.6 is 52.1 Å². The van der Waals surface area contributed by atoms with Crippen LogP contribution in [0.5, 0.6) is 0 Å². The predicted molar refractivity (Wildman–Crippen MR) is 101 cm³/mol. The molecule has 0 aromatic carbocycles. The van der Waals surface area contributed by atoms with Gasteiger partial charge in [0.25, 0.3) is 0 Å². The largest absolute Gasteiger partial charge is 0.340 e. The first-order valence-electron chi connectivity index (χ1n) is 7.00. The molecular weight excluding hydrogens is 409 g/mol. The molecule has 0 spiro atoms. The van der Waals surface area contributed by atoms with E-state index in [4.69, 9.17) is 0 Å². The van der Waals surface area contributed by atoms with E-state index in [1.165, 1.54) is 8.66 Å². The number of hydrogen-bond donors (Lipinski definition) is 1. The van der Waals surface area contributed by atoms with Gasteiger partial charge in [0, 0.05) is 50.1 Å². The van der Waals surface area contributed by atoms with Crippen molar-refractivity contribution in [2.24, 2.45) is 5.92 Å². The molecule has 22 heavy (non-hydrogen) atoms. The Labute approximate surface area is 157 Å². The van der Waals surface area contributed by atoms with Gasteiger partial charge in [-0.25, -0.2) is 0 Å². The Kier molecular flexibility index (Phi) is 10.9. The molecule has 1 aromatic rings. The van der Waals surface area contributed by atoms with Crippen molar-refractivity contribution in [2.75, 3.05) is 39.8 Å². The molecule has 1 atom stereocenters. The summed E-state index contributed by atoms with van der Waals surface area (Å²) in [5, 5.41) is 3.07. The van der Waals surface area contributed by atoms with Crippen LogP contribution in [-0.2, 0) is 11.3 Å². The average molecular weight is 433 g/mol. The van der Waals surface area contributed by atoms with Crippen molar-refractivity contribution in [2.45, 2.75) is 13.5 Å². The Morgan fingerprint density at radius 1 is 1.32 bits per heavy atom. The number of hydrogen-bond acceptors (Lipinski definition) is 4. The van der Waals surface area contributed by atoms with Crippen LogP contribution < -0.4 is 5.32 Å². The zero-order valence-corrected chi connectivity index (χ0v) is 16.9. The molecule has 0 radical (unpaired) electrons. The standard InChI is InChI=1S/C14H22BrN3OS.2ClH/c1-11(9-16-2)14(19)18-7-5-17(6-8-18)10-12-3-4-13(15)20-12;;/h3-4,11,16H,5-10H2,1-2H3;2*1H. The molecule has 4 nitrogen and oxygen atoms in total. The summed E-state index contributed by atoms with van der Waals surface area (Å²) in [6, 6.07) is 4.26. The minimum absolute atomic E-state index is 0. The summed E-state index contributed by atoms with van der Waals surface area (Å²) in [5.41, 5.74) is 0. The highest BCUT2D eigenvalue weighted by molar-refractivity contribution is 9.11. The number of rotatable bonds is 5. The van der Waals surface area contributed by atoms with Crippen molar-refractivity contribution < 1.29 is 4.79 Å². The Balaban J connectivity index is 0.00000220. The van der Waals surface area contributed by atoms with Gasteiger partial charge < -0.3 is 10.2 Å². The predicted octanol–water partition coefficient (Wildman–Crippen LogP) is 2.85. The van der Waals surface area contributed by atoms with Crippen molar-refractivity contribution in [3.63, 3.8) is 0 Å². The molecule has 1 aliphatic rings. The first-order valence-corrected chi connectivity index (χ1v) is 8.61. The van der Waals surface area contributed by atoms with Crippen molar-refractivity contribution >= 4 is 58.0 Å². The lowest BCUT2D eigenvalue weighted by molar-refractivity contribution is -0.136. The van der Waals surface area contributed by atoms with E-state index in [9.17, 15) is 4.79 Å². The highest BCUT2D eigenvalue weighted by Crippen LogP contribution is 2.23. The van der Waals surface area contributed by atoms with Gasteiger partial charge in [-0.05, 0) is 35.1 Å². The molecule has 8 heteroatoms. The monoisotopic (exact) mass is 431 g/mol. The molecule has 128 valence electrons. The SMILES string of the molecule is CNCC(C)C(=O)N1CCN(Cc2ccc(Br)s2)CC1.Cl.Cl. The van der Waals surface area contributed by atoms with Crippen molar-refractivity contribution in [1.82, 2.24) is 15.1 Å². The number of piperazine rings is 1. The summed E-state index contributed by atoms with van der Waals surface area (Å²) in [7, 11) is 1.89. The number of carbonyl (C=O) groups is 1. The number of thiophene rings is 1. The molecule has 1 aliphatic heterocycles. The number of carbonyl (C=O) groups excluding carboxylic acids is 1. The van der Waals surface area contributed by atoms with E-state index in [-0.39, 0.29) is 36.6 Å². The summed E-state index contributed by atoms with van der Waals surface area (Å²) in [6.45, 7) is 7.36. The van der Waals surface area contributed by atoms with Crippen LogP contribution in [0.15, 0.2) is 15.9 Å². The van der Waals surface area contributed by atoms with Gasteiger partial charge in [-0.3, -0.25) is 9.69 Å². The number of nitrogens with one attached hydrogen (secondary N) is 1. The van der Waals surface area contributed by atoms with Crippen molar-refractivity contribution in [1.29, 1.82) is 0 Å². The van der Waals surface area contributed by atoms with Crippen molar-refractivity contribution in [3.05, 3.63) is 20.8 Å². The third kappa shape index (κ3) is 6.34. The lowest BCUT2D eigenvalue weighted by atomic mass is 10.1. The Morgan fingerprint density at radius 2 is 1.95 bits per heavy atom. The summed E-state index contributed by atoms with van der Waals surface area (Å²) >= 11 is 5.28. The van der Waals surface area contributed by atoms with Crippen LogP contribution in [0, 0.1) is 5.92 Å². The van der Waals surface area contributed by atoms with E-state index >= 15 is 0 Å². The van der Waals surface area contributed by atoms with Gasteiger partial charge in [-0.1, -0.05) is 6.92 Å². The topological polar surface area (TPSA) is 35.6 Å². The molecule has 1 fully saturated rings. The van der Waals surface area contributed by atoms with Crippen molar-refractivity contribution in [3.8, 4) is 0 Å². The van der Waals surface area contributed by atoms with E-state index in [2.05, 4.69) is 38.3 Å². The third-order valence-electron chi connectivity index (χ3n) is 3.62. The quantitative estimate of drug-likeness (QED) is 0.776. The van der Waals surface area contributed by atoms with E-state index in [0.29, 0.717) is 0 Å². The fourth-order valence-electron chi connectivity index (χ4n) is 2.49. The molecule has 0 saturated carbocycles. The minimum atomic E-state index is 0. The van der Waals surface area contributed by atoms with E-state index < -0.39 is 0 Å². The van der Waals surface area contributed by atoms with Crippen LogP contribution in [0.3, 0.4) is 0 Å². The molecule has 1 saturated heterocycles. The van der Waals surface area contributed by atoms with E-state index in [1.54, 1.807) is 11.3 Å². The zero-order chi connectivity index (χ0) is 14.5. The van der Waals surface area contributed by atoms with Gasteiger partial charge in [-0.15, -0.1) is 36.2 Å². The van der Waals surface area contributed by atoms with Crippen LogP contribution in [0.4, 0.5) is 0 Å². The molecule has 0 bridgehead atoms. The lowest BCUT2D eigenvalue weighted by Gasteiger charge is -2.35. The molecule has 2 rings (SSSR count). The smallest absolute Gasteiger partial charge is 0.226 e. The molecule has 1 amide bonds. The second-order valence-corrected chi connectivity index (χ2v) is 7.81. The summed E-state index contributed by atoms with van der Waals surface area (Å²) in [5.74, 6) is 0.345. The minimum Gasteiger partial charge on any atom is -0.340 e. The highest BCUT2D eigenvalue weighted by Gasteiger charge is 2.24. The van der Waals surface area contributed by atoms with Gasteiger partial charge in [0.1, 0.15) is 0 Å². The summed E-state index contributed by atoms with van der Waals surface area (Å²) in [6.07, 6.45) is 0. The lowest BCUT2D eigenvalue weighted by Crippen LogP contribution is -2.50. The fraction of sp³-hybridized carbons (Fsp3) is 0.643. The maximum atomic E-state index is 12.2. The number of nitrogens with zero attached hydrogens (tertiary/aromatic N) is 2. The number of halogens is 3. The molecule has 1 aromatic heterocycles.